The number of thiophene rings is 1. The maximum absolute atomic E-state index is 11.9. The molecule has 0 saturated heterocycles. The zero-order valence-corrected chi connectivity index (χ0v) is 11.8. The summed E-state index contributed by atoms with van der Waals surface area (Å²) in [5, 5.41) is 7.21. The first-order valence-corrected chi connectivity index (χ1v) is 7.07. The summed E-state index contributed by atoms with van der Waals surface area (Å²) in [6, 6.07) is 8.43. The normalized spacial score (nSPS) is 11.7. The Bertz CT molecular complexity index is 569. The van der Waals surface area contributed by atoms with Crippen LogP contribution < -0.4 is 10.6 Å². The van der Waals surface area contributed by atoms with Crippen molar-refractivity contribution in [1.29, 1.82) is 0 Å². The molecule has 6 heteroatoms. The number of rotatable bonds is 5. The number of nitrogens with one attached hydrogen (secondary N) is 2. The highest BCUT2D eigenvalue weighted by atomic mass is 32.1. The monoisotopic (exact) mass is 289 g/mol. The van der Waals surface area contributed by atoms with Gasteiger partial charge in [-0.1, -0.05) is 12.1 Å². The highest BCUT2D eigenvalue weighted by molar-refractivity contribution is 7.12. The van der Waals surface area contributed by atoms with Gasteiger partial charge in [-0.15, -0.1) is 11.3 Å². The van der Waals surface area contributed by atoms with E-state index in [1.54, 1.807) is 25.3 Å². The lowest BCUT2D eigenvalue weighted by atomic mass is 10.3. The van der Waals surface area contributed by atoms with Gasteiger partial charge >= 0.3 is 0 Å². The van der Waals surface area contributed by atoms with Crippen LogP contribution in [-0.2, 0) is 11.3 Å². The Morgan fingerprint density at radius 3 is 2.80 bits per heavy atom. The molecule has 0 bridgehead atoms. The van der Waals surface area contributed by atoms with Crippen LogP contribution in [0.1, 0.15) is 22.3 Å². The summed E-state index contributed by atoms with van der Waals surface area (Å²) in [4.78, 5) is 28.4. The molecule has 20 heavy (non-hydrogen) atoms. The van der Waals surface area contributed by atoms with E-state index in [9.17, 15) is 9.59 Å². The van der Waals surface area contributed by atoms with Crippen LogP contribution in [0.25, 0.3) is 0 Å². The van der Waals surface area contributed by atoms with Gasteiger partial charge in [0, 0.05) is 6.20 Å². The van der Waals surface area contributed by atoms with Gasteiger partial charge in [-0.25, -0.2) is 0 Å². The average Bonchev–Trinajstić information content (AvgIpc) is 3.00. The molecule has 2 aromatic heterocycles. The lowest BCUT2D eigenvalue weighted by Gasteiger charge is -2.13. The molecule has 1 atom stereocenters. The number of carbonyl (C=O) groups is 2. The van der Waals surface area contributed by atoms with E-state index in [1.807, 2.05) is 23.6 Å². The molecule has 104 valence electrons. The number of carbonyl (C=O) groups excluding carboxylic acids is 2. The lowest BCUT2D eigenvalue weighted by Crippen LogP contribution is -2.44. The fraction of sp³-hybridized carbons (Fsp3) is 0.214. The van der Waals surface area contributed by atoms with Gasteiger partial charge in [0.05, 0.1) is 17.1 Å². The molecule has 2 aromatic rings. The molecule has 0 aliphatic carbocycles. The number of hydrogen-bond acceptors (Lipinski definition) is 4. The fourth-order valence-electron chi connectivity index (χ4n) is 1.57. The first kappa shape index (κ1) is 14.2. The van der Waals surface area contributed by atoms with Crippen molar-refractivity contribution in [1.82, 2.24) is 15.6 Å². The molecule has 0 fully saturated rings. The minimum atomic E-state index is -0.590. The molecule has 1 unspecified atom stereocenters. The summed E-state index contributed by atoms with van der Waals surface area (Å²) >= 11 is 1.34. The van der Waals surface area contributed by atoms with Crippen LogP contribution in [0, 0.1) is 0 Å². The zero-order chi connectivity index (χ0) is 14.4. The first-order valence-electron chi connectivity index (χ1n) is 6.19. The second kappa shape index (κ2) is 6.81. The van der Waals surface area contributed by atoms with Crippen LogP contribution in [-0.4, -0.2) is 22.8 Å². The van der Waals surface area contributed by atoms with Gasteiger partial charge in [-0.2, -0.15) is 0 Å². The van der Waals surface area contributed by atoms with Crippen LogP contribution in [0.3, 0.4) is 0 Å². The van der Waals surface area contributed by atoms with Crippen molar-refractivity contribution in [3.8, 4) is 0 Å². The van der Waals surface area contributed by atoms with Gasteiger partial charge in [0.2, 0.25) is 5.91 Å². The SMILES string of the molecule is CC(NC(=O)c1cccs1)C(=O)NCc1ccccn1. The van der Waals surface area contributed by atoms with Crippen molar-refractivity contribution in [2.45, 2.75) is 19.5 Å². The number of pyridine rings is 1. The Labute approximate surface area is 121 Å². The van der Waals surface area contributed by atoms with Crippen molar-refractivity contribution in [2.24, 2.45) is 0 Å². The number of amides is 2. The molecule has 0 spiro atoms. The number of hydrogen-bond donors (Lipinski definition) is 2. The lowest BCUT2D eigenvalue weighted by molar-refractivity contribution is -0.122. The molecular weight excluding hydrogens is 274 g/mol. The first-order chi connectivity index (χ1) is 9.66. The molecule has 2 amide bonds. The van der Waals surface area contributed by atoms with Gasteiger partial charge < -0.3 is 10.6 Å². The molecule has 5 nitrogen and oxygen atoms in total. The van der Waals surface area contributed by atoms with E-state index >= 15 is 0 Å². The zero-order valence-electron chi connectivity index (χ0n) is 11.0. The van der Waals surface area contributed by atoms with Gasteiger partial charge in [-0.05, 0) is 30.5 Å². The minimum Gasteiger partial charge on any atom is -0.349 e. The average molecular weight is 289 g/mol. The predicted molar refractivity (Wildman–Crippen MR) is 77.3 cm³/mol. The van der Waals surface area contributed by atoms with Crippen LogP contribution in [0.5, 0.6) is 0 Å². The van der Waals surface area contributed by atoms with E-state index in [4.69, 9.17) is 0 Å². The molecule has 0 aromatic carbocycles. The van der Waals surface area contributed by atoms with Crippen molar-refractivity contribution >= 4 is 23.2 Å². The van der Waals surface area contributed by atoms with Gasteiger partial charge in [0.25, 0.3) is 5.91 Å². The van der Waals surface area contributed by atoms with E-state index in [2.05, 4.69) is 15.6 Å². The molecule has 0 radical (unpaired) electrons. The highest BCUT2D eigenvalue weighted by Crippen LogP contribution is 2.08. The summed E-state index contributed by atoms with van der Waals surface area (Å²) < 4.78 is 0. The van der Waals surface area contributed by atoms with Crippen molar-refractivity contribution in [2.75, 3.05) is 0 Å². The Hall–Kier alpha value is -2.21. The van der Waals surface area contributed by atoms with Crippen LogP contribution >= 0.6 is 11.3 Å². The van der Waals surface area contributed by atoms with Crippen LogP contribution in [0.2, 0.25) is 0 Å². The molecule has 2 heterocycles. The van der Waals surface area contributed by atoms with Crippen LogP contribution in [0.4, 0.5) is 0 Å². The van der Waals surface area contributed by atoms with E-state index in [-0.39, 0.29) is 11.8 Å². The molecule has 0 saturated carbocycles. The predicted octanol–water partition coefficient (Wildman–Crippen LogP) is 1.58. The summed E-state index contributed by atoms with van der Waals surface area (Å²) in [6.45, 7) is 2.00. The maximum Gasteiger partial charge on any atom is 0.261 e. The largest absolute Gasteiger partial charge is 0.349 e. The van der Waals surface area contributed by atoms with E-state index < -0.39 is 6.04 Å². The standard InChI is InChI=1S/C14H15N3O2S/c1-10(17-14(19)12-6-4-8-20-12)13(18)16-9-11-5-2-3-7-15-11/h2-8,10H,9H2,1H3,(H,16,18)(H,17,19). The third-order valence-electron chi connectivity index (χ3n) is 2.66. The van der Waals surface area contributed by atoms with Crippen molar-refractivity contribution in [3.05, 3.63) is 52.5 Å². The molecule has 2 N–H and O–H groups in total. The summed E-state index contributed by atoms with van der Waals surface area (Å²) in [6.07, 6.45) is 1.67. The summed E-state index contributed by atoms with van der Waals surface area (Å²) in [7, 11) is 0. The Morgan fingerprint density at radius 1 is 1.30 bits per heavy atom. The second-order valence-electron chi connectivity index (χ2n) is 4.21. The maximum atomic E-state index is 11.9. The Morgan fingerprint density at radius 2 is 2.15 bits per heavy atom. The summed E-state index contributed by atoms with van der Waals surface area (Å²) in [5.74, 6) is -0.471. The smallest absolute Gasteiger partial charge is 0.261 e. The topological polar surface area (TPSA) is 71.1 Å². The van der Waals surface area contributed by atoms with Gasteiger partial charge in [-0.3, -0.25) is 14.6 Å². The Kier molecular flexibility index (Phi) is 4.84. The fourth-order valence-corrected chi connectivity index (χ4v) is 2.20. The van der Waals surface area contributed by atoms with Crippen molar-refractivity contribution in [3.63, 3.8) is 0 Å². The highest BCUT2D eigenvalue weighted by Gasteiger charge is 2.16. The molecule has 0 aliphatic rings. The van der Waals surface area contributed by atoms with Crippen molar-refractivity contribution < 1.29 is 9.59 Å². The van der Waals surface area contributed by atoms with Crippen LogP contribution in [0.15, 0.2) is 41.9 Å². The molecule has 0 aliphatic heterocycles. The van der Waals surface area contributed by atoms with E-state index in [0.29, 0.717) is 11.4 Å². The minimum absolute atomic E-state index is 0.236. The Balaban J connectivity index is 1.82. The number of nitrogens with zero attached hydrogens (tertiary/aromatic N) is 1. The van der Waals surface area contributed by atoms with Gasteiger partial charge in [0.15, 0.2) is 0 Å². The van der Waals surface area contributed by atoms with E-state index in [1.165, 1.54) is 11.3 Å². The number of aromatic nitrogens is 1. The molecular formula is C14H15N3O2S. The van der Waals surface area contributed by atoms with Gasteiger partial charge in [0.1, 0.15) is 6.04 Å². The third kappa shape index (κ3) is 3.89. The summed E-state index contributed by atoms with van der Waals surface area (Å²) in [5.41, 5.74) is 0.776. The third-order valence-corrected chi connectivity index (χ3v) is 3.52. The second-order valence-corrected chi connectivity index (χ2v) is 5.16. The quantitative estimate of drug-likeness (QED) is 0.878. The van der Waals surface area contributed by atoms with E-state index in [0.717, 1.165) is 5.69 Å². The molecule has 2 rings (SSSR count).